The Morgan fingerprint density at radius 1 is 1.54 bits per heavy atom. The van der Waals surface area contributed by atoms with E-state index in [1.807, 2.05) is 0 Å². The average molecular weight is 183 g/mol. The fourth-order valence-corrected chi connectivity index (χ4v) is 1.42. The summed E-state index contributed by atoms with van der Waals surface area (Å²) in [6, 6.07) is 0. The summed E-state index contributed by atoms with van der Waals surface area (Å²) < 4.78 is 9.76. The van der Waals surface area contributed by atoms with Crippen molar-refractivity contribution in [3.63, 3.8) is 0 Å². The number of carbonyl (C=O) groups excluding carboxylic acids is 2. The van der Waals surface area contributed by atoms with Gasteiger partial charge in [-0.15, -0.1) is 0 Å². The van der Waals surface area contributed by atoms with Gasteiger partial charge in [-0.1, -0.05) is 6.58 Å². The number of rotatable bonds is 0. The van der Waals surface area contributed by atoms with Crippen molar-refractivity contribution < 1.29 is 19.1 Å². The number of cyclic esters (lactones) is 1. The summed E-state index contributed by atoms with van der Waals surface area (Å²) in [5.41, 5.74) is -0.960. The normalized spacial score (nSPS) is 33.3. The SMILES string of the molecule is C=C1OC(=O)[C@@]2(C)COCN2C1=O. The van der Waals surface area contributed by atoms with Crippen molar-refractivity contribution in [1.29, 1.82) is 0 Å². The van der Waals surface area contributed by atoms with Crippen LogP contribution in [0.4, 0.5) is 0 Å². The first-order chi connectivity index (χ1) is 6.05. The second-order valence-electron chi connectivity index (χ2n) is 3.30. The number of ether oxygens (including phenoxy) is 2. The van der Waals surface area contributed by atoms with E-state index in [9.17, 15) is 9.59 Å². The van der Waals surface area contributed by atoms with Crippen LogP contribution in [0.25, 0.3) is 0 Å². The van der Waals surface area contributed by atoms with Gasteiger partial charge in [0.25, 0.3) is 5.91 Å². The van der Waals surface area contributed by atoms with E-state index in [-0.39, 0.29) is 25.0 Å². The number of morpholine rings is 1. The first-order valence-corrected chi connectivity index (χ1v) is 3.86. The average Bonchev–Trinajstić information content (AvgIpc) is 2.46. The van der Waals surface area contributed by atoms with E-state index in [1.54, 1.807) is 6.92 Å². The van der Waals surface area contributed by atoms with Crippen LogP contribution in [0, 0.1) is 0 Å². The van der Waals surface area contributed by atoms with E-state index in [4.69, 9.17) is 9.47 Å². The third kappa shape index (κ3) is 0.904. The van der Waals surface area contributed by atoms with Gasteiger partial charge in [0, 0.05) is 0 Å². The number of hydrogen-bond acceptors (Lipinski definition) is 4. The molecule has 1 atom stereocenters. The van der Waals surface area contributed by atoms with Crippen LogP contribution >= 0.6 is 0 Å². The van der Waals surface area contributed by atoms with Crippen LogP contribution in [0.3, 0.4) is 0 Å². The zero-order chi connectivity index (χ0) is 9.64. The highest BCUT2D eigenvalue weighted by Crippen LogP contribution is 2.30. The molecule has 5 nitrogen and oxygen atoms in total. The van der Waals surface area contributed by atoms with Gasteiger partial charge in [0.2, 0.25) is 0 Å². The highest BCUT2D eigenvalue weighted by molar-refractivity contribution is 6.02. The third-order valence-corrected chi connectivity index (χ3v) is 2.34. The Kier molecular flexibility index (Phi) is 1.47. The summed E-state index contributed by atoms with van der Waals surface area (Å²) >= 11 is 0. The number of nitrogens with zero attached hydrogens (tertiary/aromatic N) is 1. The molecule has 70 valence electrons. The molecule has 13 heavy (non-hydrogen) atoms. The number of esters is 1. The predicted octanol–water partition coefficient (Wildman–Crippen LogP) is -0.368. The van der Waals surface area contributed by atoms with Gasteiger partial charge in [-0.2, -0.15) is 0 Å². The summed E-state index contributed by atoms with van der Waals surface area (Å²) in [5.74, 6) is -0.984. The fraction of sp³-hybridized carbons (Fsp3) is 0.500. The first-order valence-electron chi connectivity index (χ1n) is 3.86. The van der Waals surface area contributed by atoms with Crippen LogP contribution in [0.1, 0.15) is 6.92 Å². The van der Waals surface area contributed by atoms with Gasteiger partial charge < -0.3 is 9.47 Å². The van der Waals surface area contributed by atoms with Gasteiger partial charge in [0.05, 0.1) is 6.61 Å². The lowest BCUT2D eigenvalue weighted by Gasteiger charge is -2.35. The first kappa shape index (κ1) is 8.25. The Balaban J connectivity index is 2.40. The molecule has 5 heteroatoms. The quantitative estimate of drug-likeness (QED) is 0.380. The molecular formula is C8H9NO4. The Hall–Kier alpha value is -1.36. The van der Waals surface area contributed by atoms with Crippen LogP contribution in [-0.2, 0) is 19.1 Å². The predicted molar refractivity (Wildman–Crippen MR) is 41.3 cm³/mol. The van der Waals surface area contributed by atoms with Crippen LogP contribution in [-0.4, -0.2) is 35.7 Å². The number of hydrogen-bond donors (Lipinski definition) is 0. The number of fused-ring (bicyclic) bond motifs is 1. The van der Waals surface area contributed by atoms with Crippen molar-refractivity contribution in [1.82, 2.24) is 4.90 Å². The highest BCUT2D eigenvalue weighted by atomic mass is 16.6. The molecule has 2 fully saturated rings. The van der Waals surface area contributed by atoms with Crippen molar-refractivity contribution in [3.05, 3.63) is 12.3 Å². The molecule has 1 amide bonds. The molecule has 0 N–H and O–H groups in total. The molecule has 0 bridgehead atoms. The summed E-state index contributed by atoms with van der Waals surface area (Å²) in [7, 11) is 0. The van der Waals surface area contributed by atoms with Crippen LogP contribution in [0.5, 0.6) is 0 Å². The van der Waals surface area contributed by atoms with Crippen molar-refractivity contribution in [2.45, 2.75) is 12.5 Å². The zero-order valence-electron chi connectivity index (χ0n) is 7.20. The van der Waals surface area contributed by atoms with Crippen molar-refractivity contribution >= 4 is 11.9 Å². The molecule has 0 saturated carbocycles. The molecule has 2 heterocycles. The second-order valence-corrected chi connectivity index (χ2v) is 3.30. The largest absolute Gasteiger partial charge is 0.419 e. The van der Waals surface area contributed by atoms with Crippen LogP contribution in [0.2, 0.25) is 0 Å². The summed E-state index contributed by atoms with van der Waals surface area (Å²) in [6.45, 7) is 5.28. The monoisotopic (exact) mass is 183 g/mol. The summed E-state index contributed by atoms with van der Waals surface area (Å²) in [5, 5.41) is 0. The number of carbonyl (C=O) groups is 2. The van der Waals surface area contributed by atoms with Gasteiger partial charge in [0.15, 0.2) is 11.3 Å². The van der Waals surface area contributed by atoms with Crippen molar-refractivity contribution in [2.75, 3.05) is 13.3 Å². The van der Waals surface area contributed by atoms with Gasteiger partial charge in [-0.05, 0) is 6.92 Å². The fourth-order valence-electron chi connectivity index (χ4n) is 1.42. The Morgan fingerprint density at radius 3 is 2.92 bits per heavy atom. The zero-order valence-corrected chi connectivity index (χ0v) is 7.20. The molecule has 0 aromatic heterocycles. The summed E-state index contributed by atoms with van der Waals surface area (Å²) in [4.78, 5) is 24.2. The highest BCUT2D eigenvalue weighted by Gasteiger charge is 2.53. The maximum atomic E-state index is 11.4. The van der Waals surface area contributed by atoms with Crippen LogP contribution < -0.4 is 0 Å². The van der Waals surface area contributed by atoms with Gasteiger partial charge in [-0.3, -0.25) is 9.69 Å². The van der Waals surface area contributed by atoms with E-state index >= 15 is 0 Å². The van der Waals surface area contributed by atoms with E-state index in [2.05, 4.69) is 6.58 Å². The van der Waals surface area contributed by atoms with Crippen LogP contribution in [0.15, 0.2) is 12.3 Å². The Morgan fingerprint density at radius 2 is 2.23 bits per heavy atom. The molecular weight excluding hydrogens is 174 g/mol. The standard InChI is InChI=1S/C8H9NO4/c1-5-6(10)9-4-12-3-8(9,2)7(11)13-5/h1,3-4H2,2H3/t8-/m1/s1. The molecule has 2 aliphatic rings. The van der Waals surface area contributed by atoms with E-state index in [0.717, 1.165) is 0 Å². The maximum Gasteiger partial charge on any atom is 0.339 e. The molecule has 0 radical (unpaired) electrons. The van der Waals surface area contributed by atoms with E-state index in [0.29, 0.717) is 0 Å². The van der Waals surface area contributed by atoms with Crippen molar-refractivity contribution in [3.8, 4) is 0 Å². The minimum atomic E-state index is -0.960. The lowest BCUT2D eigenvalue weighted by Crippen LogP contribution is -2.57. The topological polar surface area (TPSA) is 55.8 Å². The molecule has 0 unspecified atom stereocenters. The Bertz CT molecular complexity index is 311. The van der Waals surface area contributed by atoms with Gasteiger partial charge in [0.1, 0.15) is 6.73 Å². The Labute approximate surface area is 74.9 Å². The molecule has 0 spiro atoms. The maximum absolute atomic E-state index is 11.4. The summed E-state index contributed by atoms with van der Waals surface area (Å²) in [6.07, 6.45) is 0. The van der Waals surface area contributed by atoms with Crippen molar-refractivity contribution in [2.24, 2.45) is 0 Å². The lowest BCUT2D eigenvalue weighted by atomic mass is 10.0. The minimum absolute atomic E-state index is 0.128. The van der Waals surface area contributed by atoms with E-state index < -0.39 is 11.5 Å². The second kappa shape index (κ2) is 2.32. The molecule has 2 aliphatic heterocycles. The molecule has 2 rings (SSSR count). The molecule has 0 aliphatic carbocycles. The molecule has 0 aromatic carbocycles. The molecule has 0 aromatic rings. The van der Waals surface area contributed by atoms with Gasteiger partial charge in [-0.25, -0.2) is 4.79 Å². The van der Waals surface area contributed by atoms with Gasteiger partial charge >= 0.3 is 5.97 Å². The minimum Gasteiger partial charge on any atom is -0.419 e. The number of amides is 1. The lowest BCUT2D eigenvalue weighted by molar-refractivity contribution is -0.165. The third-order valence-electron chi connectivity index (χ3n) is 2.34. The molecule has 2 saturated heterocycles. The smallest absolute Gasteiger partial charge is 0.339 e. The van der Waals surface area contributed by atoms with E-state index in [1.165, 1.54) is 4.90 Å².